The molecule has 1 unspecified atom stereocenters. The van der Waals surface area contributed by atoms with Crippen LogP contribution in [0.1, 0.15) is 29.7 Å². The van der Waals surface area contributed by atoms with Crippen molar-refractivity contribution in [3.63, 3.8) is 0 Å². The lowest BCUT2D eigenvalue weighted by Crippen LogP contribution is -2.11. The van der Waals surface area contributed by atoms with Gasteiger partial charge in [-0.2, -0.15) is 0 Å². The van der Waals surface area contributed by atoms with Crippen LogP contribution in [0, 0.1) is 19.7 Å². The molecule has 3 aromatic rings. The first-order chi connectivity index (χ1) is 9.99. The number of imidazole rings is 1. The van der Waals surface area contributed by atoms with Crippen molar-refractivity contribution >= 4 is 17.0 Å². The van der Waals surface area contributed by atoms with Gasteiger partial charge in [-0.05, 0) is 43.5 Å². The largest absolute Gasteiger partial charge is 0.369 e. The Morgan fingerprint density at radius 2 is 1.86 bits per heavy atom. The van der Waals surface area contributed by atoms with Crippen molar-refractivity contribution in [2.75, 3.05) is 5.73 Å². The summed E-state index contributed by atoms with van der Waals surface area (Å²) in [6.45, 7) is 5.91. The molecule has 0 saturated carbocycles. The zero-order chi connectivity index (χ0) is 15.1. The lowest BCUT2D eigenvalue weighted by molar-refractivity contribution is 0.619. The van der Waals surface area contributed by atoms with Crippen LogP contribution in [0.4, 0.5) is 10.3 Å². The number of aryl methyl sites for hydroxylation is 2. The average molecular weight is 283 g/mol. The first kappa shape index (κ1) is 13.6. The highest BCUT2D eigenvalue weighted by Gasteiger charge is 2.18. The van der Waals surface area contributed by atoms with E-state index in [-0.39, 0.29) is 11.9 Å². The maximum absolute atomic E-state index is 13.7. The third kappa shape index (κ3) is 2.17. The zero-order valence-corrected chi connectivity index (χ0v) is 12.4. The molecule has 3 nitrogen and oxygen atoms in total. The summed E-state index contributed by atoms with van der Waals surface area (Å²) in [6.07, 6.45) is 0. The standard InChI is InChI=1S/C17H18FN3/c1-10-6-4-5-7-13(10)12(3)21-16-8-11(2)14(18)9-15(16)20-17(21)19/h4-9,12H,1-3H3,(H2,19,20). The van der Waals surface area contributed by atoms with E-state index in [1.54, 1.807) is 6.92 Å². The summed E-state index contributed by atoms with van der Waals surface area (Å²) in [6, 6.07) is 11.5. The van der Waals surface area contributed by atoms with Gasteiger partial charge in [0.05, 0.1) is 17.1 Å². The number of halogens is 1. The van der Waals surface area contributed by atoms with E-state index in [1.807, 2.05) is 22.8 Å². The highest BCUT2D eigenvalue weighted by molar-refractivity contribution is 5.79. The monoisotopic (exact) mass is 283 g/mol. The van der Waals surface area contributed by atoms with E-state index in [9.17, 15) is 4.39 Å². The second-order valence-corrected chi connectivity index (χ2v) is 5.46. The predicted molar refractivity (Wildman–Crippen MR) is 83.8 cm³/mol. The van der Waals surface area contributed by atoms with Crippen molar-refractivity contribution in [3.8, 4) is 0 Å². The van der Waals surface area contributed by atoms with E-state index in [1.165, 1.54) is 17.2 Å². The first-order valence-electron chi connectivity index (χ1n) is 6.98. The lowest BCUT2D eigenvalue weighted by Gasteiger charge is -2.18. The summed E-state index contributed by atoms with van der Waals surface area (Å²) in [7, 11) is 0. The number of benzene rings is 2. The fourth-order valence-corrected chi connectivity index (χ4v) is 2.84. The van der Waals surface area contributed by atoms with Crippen molar-refractivity contribution in [2.24, 2.45) is 0 Å². The maximum Gasteiger partial charge on any atom is 0.201 e. The topological polar surface area (TPSA) is 43.8 Å². The minimum absolute atomic E-state index is 0.0426. The zero-order valence-electron chi connectivity index (χ0n) is 12.4. The van der Waals surface area contributed by atoms with Crippen LogP contribution in [0.15, 0.2) is 36.4 Å². The van der Waals surface area contributed by atoms with Crippen LogP contribution in [-0.2, 0) is 0 Å². The number of aromatic nitrogens is 2. The third-order valence-electron chi connectivity index (χ3n) is 4.02. The van der Waals surface area contributed by atoms with E-state index in [2.05, 4.69) is 31.0 Å². The molecule has 0 aliphatic rings. The molecule has 0 aliphatic carbocycles. The fraction of sp³-hybridized carbons (Fsp3) is 0.235. The molecule has 0 amide bonds. The Labute approximate surface area is 123 Å². The molecule has 0 saturated heterocycles. The highest BCUT2D eigenvalue weighted by atomic mass is 19.1. The van der Waals surface area contributed by atoms with E-state index >= 15 is 0 Å². The quantitative estimate of drug-likeness (QED) is 0.773. The molecule has 21 heavy (non-hydrogen) atoms. The number of nitrogens with two attached hydrogens (primary N) is 1. The van der Waals surface area contributed by atoms with Crippen LogP contribution in [0.5, 0.6) is 0 Å². The minimum atomic E-state index is -0.254. The van der Waals surface area contributed by atoms with Gasteiger partial charge in [0.1, 0.15) is 5.82 Å². The number of hydrogen-bond acceptors (Lipinski definition) is 2. The Kier molecular flexibility index (Phi) is 3.16. The molecule has 0 fully saturated rings. The smallest absolute Gasteiger partial charge is 0.201 e. The molecule has 0 bridgehead atoms. The molecule has 2 N–H and O–H groups in total. The lowest BCUT2D eigenvalue weighted by atomic mass is 10.0. The molecule has 0 spiro atoms. The second kappa shape index (κ2) is 4.88. The summed E-state index contributed by atoms with van der Waals surface area (Å²) < 4.78 is 15.7. The van der Waals surface area contributed by atoms with Crippen molar-refractivity contribution < 1.29 is 4.39 Å². The van der Waals surface area contributed by atoms with Gasteiger partial charge in [0.2, 0.25) is 5.95 Å². The Balaban J connectivity index is 2.22. The normalized spacial score (nSPS) is 12.8. The summed E-state index contributed by atoms with van der Waals surface area (Å²) in [5, 5.41) is 0. The van der Waals surface area contributed by atoms with Crippen LogP contribution in [0.3, 0.4) is 0 Å². The van der Waals surface area contributed by atoms with E-state index in [4.69, 9.17) is 5.73 Å². The number of nitrogens with zero attached hydrogens (tertiary/aromatic N) is 2. The molecular weight excluding hydrogens is 265 g/mol. The van der Waals surface area contributed by atoms with E-state index in [0.717, 1.165) is 5.52 Å². The minimum Gasteiger partial charge on any atom is -0.369 e. The van der Waals surface area contributed by atoms with Crippen molar-refractivity contribution in [1.82, 2.24) is 9.55 Å². The van der Waals surface area contributed by atoms with Gasteiger partial charge in [0, 0.05) is 6.07 Å². The number of rotatable bonds is 2. The SMILES string of the molecule is Cc1cc2c(cc1F)nc(N)n2C(C)c1ccccc1C. The Bertz CT molecular complexity index is 820. The molecular formula is C17H18FN3. The molecule has 108 valence electrons. The molecule has 1 heterocycles. The second-order valence-electron chi connectivity index (χ2n) is 5.46. The number of fused-ring (bicyclic) bond motifs is 1. The highest BCUT2D eigenvalue weighted by Crippen LogP contribution is 2.30. The number of nitrogen functional groups attached to an aromatic ring is 1. The molecule has 3 rings (SSSR count). The summed E-state index contributed by atoms with van der Waals surface area (Å²) in [5.74, 6) is 0.154. The predicted octanol–water partition coefficient (Wildman–Crippen LogP) is 3.98. The van der Waals surface area contributed by atoms with Gasteiger partial charge >= 0.3 is 0 Å². The van der Waals surface area contributed by atoms with Crippen LogP contribution >= 0.6 is 0 Å². The van der Waals surface area contributed by atoms with Gasteiger partial charge in [-0.25, -0.2) is 9.37 Å². The van der Waals surface area contributed by atoms with Gasteiger partial charge in [0.15, 0.2) is 0 Å². The van der Waals surface area contributed by atoms with Crippen molar-refractivity contribution in [3.05, 3.63) is 58.9 Å². The van der Waals surface area contributed by atoms with Crippen LogP contribution in [0.25, 0.3) is 11.0 Å². The van der Waals surface area contributed by atoms with Gasteiger partial charge in [0.25, 0.3) is 0 Å². The van der Waals surface area contributed by atoms with Crippen molar-refractivity contribution in [1.29, 1.82) is 0 Å². The molecule has 0 aliphatic heterocycles. The maximum atomic E-state index is 13.7. The average Bonchev–Trinajstić information content (AvgIpc) is 2.74. The molecule has 0 radical (unpaired) electrons. The Hall–Kier alpha value is -2.36. The first-order valence-corrected chi connectivity index (χ1v) is 6.98. The number of anilines is 1. The van der Waals surface area contributed by atoms with Gasteiger partial charge in [-0.15, -0.1) is 0 Å². The van der Waals surface area contributed by atoms with Gasteiger partial charge < -0.3 is 10.3 Å². The fourth-order valence-electron chi connectivity index (χ4n) is 2.84. The molecule has 1 aromatic heterocycles. The van der Waals surface area contributed by atoms with E-state index < -0.39 is 0 Å². The summed E-state index contributed by atoms with van der Waals surface area (Å²) in [5.41, 5.74) is 10.5. The van der Waals surface area contributed by atoms with Crippen molar-refractivity contribution in [2.45, 2.75) is 26.8 Å². The summed E-state index contributed by atoms with van der Waals surface area (Å²) in [4.78, 5) is 4.29. The van der Waals surface area contributed by atoms with Crippen LogP contribution in [-0.4, -0.2) is 9.55 Å². The summed E-state index contributed by atoms with van der Waals surface area (Å²) >= 11 is 0. The van der Waals surface area contributed by atoms with Crippen LogP contribution in [0.2, 0.25) is 0 Å². The van der Waals surface area contributed by atoms with Gasteiger partial charge in [-0.3, -0.25) is 0 Å². The van der Waals surface area contributed by atoms with Crippen LogP contribution < -0.4 is 5.73 Å². The molecule has 4 heteroatoms. The third-order valence-corrected chi connectivity index (χ3v) is 4.02. The van der Waals surface area contributed by atoms with Gasteiger partial charge in [-0.1, -0.05) is 24.3 Å². The molecule has 1 atom stereocenters. The Morgan fingerprint density at radius 1 is 1.14 bits per heavy atom. The van der Waals surface area contributed by atoms with E-state index in [0.29, 0.717) is 17.0 Å². The number of hydrogen-bond donors (Lipinski definition) is 1. The Morgan fingerprint density at radius 3 is 2.57 bits per heavy atom. The molecule has 2 aromatic carbocycles.